The van der Waals surface area contributed by atoms with Crippen molar-refractivity contribution in [1.29, 1.82) is 0 Å². The first-order chi connectivity index (χ1) is 9.44. The van der Waals surface area contributed by atoms with E-state index < -0.39 is 11.9 Å². The number of ether oxygens (including phenoxy) is 1. The number of hydrogen-bond acceptors (Lipinski definition) is 4. The van der Waals surface area contributed by atoms with Crippen LogP contribution in [0, 0.1) is 5.92 Å². The minimum atomic E-state index is -0.884. The van der Waals surface area contributed by atoms with Gasteiger partial charge in [0.1, 0.15) is 6.54 Å². The van der Waals surface area contributed by atoms with Gasteiger partial charge in [-0.3, -0.25) is 9.59 Å². The van der Waals surface area contributed by atoms with Crippen molar-refractivity contribution in [2.75, 3.05) is 26.2 Å². The number of carbonyl (C=O) groups is 3. The highest BCUT2D eigenvalue weighted by Crippen LogP contribution is 2.06. The maximum absolute atomic E-state index is 11.9. The Balaban J connectivity index is 4.26. The predicted molar refractivity (Wildman–Crippen MR) is 73.3 cm³/mol. The van der Waals surface area contributed by atoms with Gasteiger partial charge >= 0.3 is 18.0 Å². The molecule has 0 saturated carbocycles. The fourth-order valence-corrected chi connectivity index (χ4v) is 1.64. The molecule has 0 fully saturated rings. The molecule has 20 heavy (non-hydrogen) atoms. The van der Waals surface area contributed by atoms with Crippen LogP contribution in [0.3, 0.4) is 0 Å². The van der Waals surface area contributed by atoms with Gasteiger partial charge in [-0.25, -0.2) is 4.79 Å². The van der Waals surface area contributed by atoms with Gasteiger partial charge in [-0.05, 0) is 19.8 Å². The molecule has 0 radical (unpaired) electrons. The Kier molecular flexibility index (Phi) is 9.15. The number of hydrogen-bond donors (Lipinski definition) is 2. The van der Waals surface area contributed by atoms with E-state index in [9.17, 15) is 14.4 Å². The number of amides is 2. The lowest BCUT2D eigenvalue weighted by Crippen LogP contribution is -2.44. The molecule has 7 heteroatoms. The van der Waals surface area contributed by atoms with E-state index in [4.69, 9.17) is 9.84 Å². The summed E-state index contributed by atoms with van der Waals surface area (Å²) in [4.78, 5) is 35.2. The van der Waals surface area contributed by atoms with Gasteiger partial charge in [-0.2, -0.15) is 0 Å². The van der Waals surface area contributed by atoms with Gasteiger partial charge in [-0.15, -0.1) is 0 Å². The van der Waals surface area contributed by atoms with Crippen molar-refractivity contribution < 1.29 is 24.2 Å². The first-order valence-corrected chi connectivity index (χ1v) is 6.84. The number of nitrogens with zero attached hydrogens (tertiary/aromatic N) is 1. The van der Waals surface area contributed by atoms with E-state index in [0.29, 0.717) is 13.0 Å². The van der Waals surface area contributed by atoms with Gasteiger partial charge < -0.3 is 20.1 Å². The van der Waals surface area contributed by atoms with Crippen molar-refractivity contribution in [3.8, 4) is 0 Å². The molecule has 7 nitrogen and oxygen atoms in total. The van der Waals surface area contributed by atoms with Gasteiger partial charge in [0.25, 0.3) is 0 Å². The Labute approximate surface area is 119 Å². The molecule has 0 heterocycles. The van der Waals surface area contributed by atoms with Gasteiger partial charge in [0.15, 0.2) is 0 Å². The van der Waals surface area contributed by atoms with Crippen LogP contribution >= 0.6 is 0 Å². The molecule has 0 bridgehead atoms. The van der Waals surface area contributed by atoms with Crippen molar-refractivity contribution >= 4 is 18.0 Å². The molecule has 0 aliphatic heterocycles. The van der Waals surface area contributed by atoms with E-state index in [0.717, 1.165) is 0 Å². The van der Waals surface area contributed by atoms with E-state index in [2.05, 4.69) is 5.32 Å². The number of esters is 1. The van der Waals surface area contributed by atoms with Crippen LogP contribution in [0.4, 0.5) is 4.79 Å². The zero-order chi connectivity index (χ0) is 15.5. The molecular weight excluding hydrogens is 264 g/mol. The fourth-order valence-electron chi connectivity index (χ4n) is 1.64. The molecule has 2 N–H and O–H groups in total. The van der Waals surface area contributed by atoms with E-state index >= 15 is 0 Å². The second-order valence-electron chi connectivity index (χ2n) is 4.38. The number of likely N-dealkylation sites (N-methyl/N-ethyl adjacent to an activating group) is 1. The third-order valence-electron chi connectivity index (χ3n) is 2.88. The number of carbonyl (C=O) groups excluding carboxylic acids is 2. The van der Waals surface area contributed by atoms with Crippen LogP contribution in [-0.4, -0.2) is 54.2 Å². The normalized spacial score (nSPS) is 11.6. The molecule has 0 saturated heterocycles. The highest BCUT2D eigenvalue weighted by atomic mass is 16.5. The van der Waals surface area contributed by atoms with Gasteiger partial charge in [0.2, 0.25) is 0 Å². The number of rotatable bonds is 9. The predicted octanol–water partition coefficient (Wildman–Crippen LogP) is 1.08. The van der Waals surface area contributed by atoms with Crippen LogP contribution in [0.25, 0.3) is 0 Å². The second kappa shape index (κ2) is 10.1. The largest absolute Gasteiger partial charge is 0.481 e. The van der Waals surface area contributed by atoms with Crippen molar-refractivity contribution in [1.82, 2.24) is 10.2 Å². The summed E-state index contributed by atoms with van der Waals surface area (Å²) in [5.41, 5.74) is 0. The SMILES string of the molecule is CCOC(=O)CN(CC)C(=O)NCC(CC)CC(=O)O. The van der Waals surface area contributed by atoms with Crippen LogP contribution in [-0.2, 0) is 14.3 Å². The quantitative estimate of drug-likeness (QED) is 0.619. The van der Waals surface area contributed by atoms with Gasteiger partial charge in [-0.1, -0.05) is 13.3 Å². The van der Waals surface area contributed by atoms with Crippen LogP contribution in [0.2, 0.25) is 0 Å². The third-order valence-corrected chi connectivity index (χ3v) is 2.88. The molecule has 1 unspecified atom stereocenters. The Hall–Kier alpha value is -1.79. The summed E-state index contributed by atoms with van der Waals surface area (Å²) in [6.07, 6.45) is 0.678. The monoisotopic (exact) mass is 288 g/mol. The molecule has 0 aromatic heterocycles. The van der Waals surface area contributed by atoms with Crippen LogP contribution in [0.1, 0.15) is 33.6 Å². The number of aliphatic carboxylic acids is 1. The molecular formula is C13H24N2O5. The zero-order valence-corrected chi connectivity index (χ0v) is 12.3. The lowest BCUT2D eigenvalue weighted by atomic mass is 10.0. The van der Waals surface area contributed by atoms with E-state index in [-0.39, 0.29) is 38.1 Å². The second-order valence-corrected chi connectivity index (χ2v) is 4.38. The zero-order valence-electron chi connectivity index (χ0n) is 12.3. The van der Waals surface area contributed by atoms with E-state index in [1.807, 2.05) is 6.92 Å². The smallest absolute Gasteiger partial charge is 0.325 e. The summed E-state index contributed by atoms with van der Waals surface area (Å²) in [5, 5.41) is 11.4. The lowest BCUT2D eigenvalue weighted by Gasteiger charge is -2.22. The third kappa shape index (κ3) is 7.60. The first kappa shape index (κ1) is 18.2. The maximum atomic E-state index is 11.9. The summed E-state index contributed by atoms with van der Waals surface area (Å²) in [5.74, 6) is -1.45. The average Bonchev–Trinajstić information content (AvgIpc) is 2.40. The summed E-state index contributed by atoms with van der Waals surface area (Å²) in [7, 11) is 0. The van der Waals surface area contributed by atoms with E-state index in [1.54, 1.807) is 13.8 Å². The highest BCUT2D eigenvalue weighted by molar-refractivity contribution is 5.81. The van der Waals surface area contributed by atoms with Crippen molar-refractivity contribution in [3.63, 3.8) is 0 Å². The molecule has 0 aromatic rings. The van der Waals surface area contributed by atoms with Crippen molar-refractivity contribution in [3.05, 3.63) is 0 Å². The standard InChI is InChI=1S/C13H24N2O5/c1-4-10(7-11(16)17)8-14-13(19)15(5-2)9-12(18)20-6-3/h10H,4-9H2,1-3H3,(H,14,19)(H,16,17). The fraction of sp³-hybridized carbons (Fsp3) is 0.769. The molecule has 1 atom stereocenters. The summed E-state index contributed by atoms with van der Waals surface area (Å²) < 4.78 is 4.79. The van der Waals surface area contributed by atoms with Crippen LogP contribution in [0.5, 0.6) is 0 Å². The lowest BCUT2D eigenvalue weighted by molar-refractivity contribution is -0.143. The van der Waals surface area contributed by atoms with Crippen LogP contribution < -0.4 is 5.32 Å². The highest BCUT2D eigenvalue weighted by Gasteiger charge is 2.18. The molecule has 2 amide bonds. The van der Waals surface area contributed by atoms with Gasteiger partial charge in [0, 0.05) is 19.5 Å². The Morgan fingerprint density at radius 3 is 2.35 bits per heavy atom. The Morgan fingerprint density at radius 1 is 1.25 bits per heavy atom. The molecule has 0 rings (SSSR count). The topological polar surface area (TPSA) is 95.9 Å². The Bertz CT molecular complexity index is 333. The van der Waals surface area contributed by atoms with Crippen molar-refractivity contribution in [2.45, 2.75) is 33.6 Å². The number of nitrogens with one attached hydrogen (secondary N) is 1. The number of carboxylic acid groups (broad SMARTS) is 1. The summed E-state index contributed by atoms with van der Waals surface area (Å²) in [6, 6.07) is -0.385. The van der Waals surface area contributed by atoms with Gasteiger partial charge in [0.05, 0.1) is 6.61 Å². The van der Waals surface area contributed by atoms with Crippen molar-refractivity contribution in [2.24, 2.45) is 5.92 Å². The minimum absolute atomic E-state index is 0.0147. The molecule has 0 spiro atoms. The first-order valence-electron chi connectivity index (χ1n) is 6.84. The molecule has 0 aliphatic rings. The Morgan fingerprint density at radius 2 is 1.90 bits per heavy atom. The minimum Gasteiger partial charge on any atom is -0.481 e. The summed E-state index contributed by atoms with van der Waals surface area (Å²) in [6.45, 7) is 6.15. The summed E-state index contributed by atoms with van der Waals surface area (Å²) >= 11 is 0. The molecule has 116 valence electrons. The average molecular weight is 288 g/mol. The number of urea groups is 1. The molecule has 0 aromatic carbocycles. The molecule has 0 aliphatic carbocycles. The number of carboxylic acids is 1. The van der Waals surface area contributed by atoms with E-state index in [1.165, 1.54) is 4.90 Å². The maximum Gasteiger partial charge on any atom is 0.325 e. The van der Waals surface area contributed by atoms with Crippen LogP contribution in [0.15, 0.2) is 0 Å².